The van der Waals surface area contributed by atoms with Gasteiger partial charge in [0.2, 0.25) is 0 Å². The lowest BCUT2D eigenvalue weighted by Gasteiger charge is -2.02. The molecule has 0 fully saturated rings. The molecule has 6 heteroatoms. The van der Waals surface area contributed by atoms with Crippen molar-refractivity contribution in [2.45, 2.75) is 0 Å². The molecule has 3 rings (SSSR count). The molecule has 0 unspecified atom stereocenters. The summed E-state index contributed by atoms with van der Waals surface area (Å²) in [6.45, 7) is 0. The van der Waals surface area contributed by atoms with Gasteiger partial charge >= 0.3 is 0 Å². The summed E-state index contributed by atoms with van der Waals surface area (Å²) < 4.78 is 14.1. The molecule has 1 N–H and O–H groups in total. The summed E-state index contributed by atoms with van der Waals surface area (Å²) in [5.74, 6) is -0.441. The van der Waals surface area contributed by atoms with Crippen LogP contribution in [0.25, 0.3) is 10.2 Å². The number of nitrogens with zero attached hydrogens (tertiary/aromatic N) is 1. The minimum absolute atomic E-state index is 0.0779. The third-order valence-corrected chi connectivity index (χ3v) is 4.00. The summed E-state index contributed by atoms with van der Waals surface area (Å²) in [6.07, 6.45) is 0. The van der Waals surface area contributed by atoms with E-state index in [9.17, 15) is 4.39 Å². The lowest BCUT2D eigenvalue weighted by Crippen LogP contribution is -1.89. The fourth-order valence-electron chi connectivity index (χ4n) is 1.65. The number of halogens is 3. The van der Waals surface area contributed by atoms with Crippen molar-refractivity contribution in [1.29, 1.82) is 0 Å². The summed E-state index contributed by atoms with van der Waals surface area (Å²) >= 11 is 13.1. The first-order chi connectivity index (χ1) is 9.11. The van der Waals surface area contributed by atoms with Gasteiger partial charge in [-0.15, -0.1) is 0 Å². The van der Waals surface area contributed by atoms with Gasteiger partial charge in [0.05, 0.1) is 15.2 Å². The minimum atomic E-state index is -0.441. The van der Waals surface area contributed by atoms with E-state index in [4.69, 9.17) is 23.2 Å². The van der Waals surface area contributed by atoms with Crippen molar-refractivity contribution in [3.8, 4) is 0 Å². The molecule has 0 saturated carbocycles. The van der Waals surface area contributed by atoms with Gasteiger partial charge in [-0.1, -0.05) is 34.5 Å². The highest BCUT2D eigenvalue weighted by atomic mass is 35.5. The zero-order valence-electron chi connectivity index (χ0n) is 9.45. The Labute approximate surface area is 122 Å². The standard InChI is InChI=1S/C13H7Cl2FN2S/c14-7-1-4-12-11(5-7)18-13(19-12)17-8-2-3-10(16)9(15)6-8/h1-6H,(H,17,18). The quantitative estimate of drug-likeness (QED) is 0.677. The highest BCUT2D eigenvalue weighted by Gasteiger charge is 2.06. The van der Waals surface area contributed by atoms with Crippen LogP contribution in [0, 0.1) is 5.82 Å². The molecular formula is C13H7Cl2FN2S. The molecule has 0 aliphatic carbocycles. The zero-order valence-corrected chi connectivity index (χ0v) is 11.8. The second-order valence-corrected chi connectivity index (χ2v) is 5.76. The van der Waals surface area contributed by atoms with E-state index in [0.29, 0.717) is 15.8 Å². The van der Waals surface area contributed by atoms with Crippen LogP contribution in [0.5, 0.6) is 0 Å². The zero-order chi connectivity index (χ0) is 13.4. The second kappa shape index (κ2) is 4.96. The van der Waals surface area contributed by atoms with Gasteiger partial charge in [-0.3, -0.25) is 0 Å². The molecule has 0 atom stereocenters. The van der Waals surface area contributed by atoms with Crippen molar-refractivity contribution in [3.05, 3.63) is 52.3 Å². The summed E-state index contributed by atoms with van der Waals surface area (Å²) in [5, 5.41) is 4.53. The maximum Gasteiger partial charge on any atom is 0.188 e. The fraction of sp³-hybridized carbons (Fsp3) is 0. The van der Waals surface area contributed by atoms with Gasteiger partial charge in [-0.25, -0.2) is 9.37 Å². The van der Waals surface area contributed by atoms with Crippen molar-refractivity contribution in [1.82, 2.24) is 4.98 Å². The molecule has 0 amide bonds. The number of aromatic nitrogens is 1. The van der Waals surface area contributed by atoms with Crippen molar-refractivity contribution in [2.75, 3.05) is 5.32 Å². The van der Waals surface area contributed by atoms with Crippen molar-refractivity contribution in [2.24, 2.45) is 0 Å². The third kappa shape index (κ3) is 2.66. The Balaban J connectivity index is 1.94. The first kappa shape index (κ1) is 12.7. The number of hydrogen-bond acceptors (Lipinski definition) is 3. The van der Waals surface area contributed by atoms with Crippen molar-refractivity contribution in [3.63, 3.8) is 0 Å². The molecule has 3 aromatic rings. The van der Waals surface area contributed by atoms with Crippen LogP contribution >= 0.6 is 34.5 Å². The van der Waals surface area contributed by atoms with E-state index in [1.165, 1.54) is 23.5 Å². The third-order valence-electron chi connectivity index (χ3n) is 2.52. The van der Waals surface area contributed by atoms with Gasteiger partial charge in [0.25, 0.3) is 0 Å². The highest BCUT2D eigenvalue weighted by Crippen LogP contribution is 2.30. The molecule has 0 radical (unpaired) electrons. The van der Waals surface area contributed by atoms with Gasteiger partial charge in [0, 0.05) is 10.7 Å². The van der Waals surface area contributed by atoms with Gasteiger partial charge in [-0.05, 0) is 36.4 Å². The molecule has 1 heterocycles. The Morgan fingerprint density at radius 2 is 1.95 bits per heavy atom. The number of fused-ring (bicyclic) bond motifs is 1. The van der Waals surface area contributed by atoms with E-state index in [-0.39, 0.29) is 5.02 Å². The predicted molar refractivity (Wildman–Crippen MR) is 79.3 cm³/mol. The van der Waals surface area contributed by atoms with E-state index in [2.05, 4.69) is 10.3 Å². The summed E-state index contributed by atoms with van der Waals surface area (Å²) in [6, 6.07) is 9.99. The van der Waals surface area contributed by atoms with Crippen molar-refractivity contribution < 1.29 is 4.39 Å². The number of nitrogens with one attached hydrogen (secondary N) is 1. The molecule has 2 aromatic carbocycles. The number of thiazole rings is 1. The fourth-order valence-corrected chi connectivity index (χ4v) is 2.86. The molecule has 1 aromatic heterocycles. The van der Waals surface area contributed by atoms with Crippen molar-refractivity contribution >= 4 is 55.6 Å². The Morgan fingerprint density at radius 1 is 1.11 bits per heavy atom. The molecule has 0 saturated heterocycles. The van der Waals surface area contributed by atoms with E-state index >= 15 is 0 Å². The van der Waals surface area contributed by atoms with Gasteiger partial charge in [0.1, 0.15) is 5.82 Å². The Hall–Kier alpha value is -1.36. The Kier molecular flexibility index (Phi) is 3.31. The van der Waals surface area contributed by atoms with E-state index in [1.54, 1.807) is 12.1 Å². The molecule has 96 valence electrons. The van der Waals surface area contributed by atoms with Crippen LogP contribution in [0.15, 0.2) is 36.4 Å². The summed E-state index contributed by atoms with van der Waals surface area (Å²) in [5.41, 5.74) is 1.52. The maximum absolute atomic E-state index is 13.1. The average Bonchev–Trinajstić information content (AvgIpc) is 2.75. The number of rotatable bonds is 2. The molecule has 2 nitrogen and oxygen atoms in total. The predicted octanol–water partition coefficient (Wildman–Crippen LogP) is 5.49. The van der Waals surface area contributed by atoms with E-state index in [1.807, 2.05) is 12.1 Å². The molecule has 19 heavy (non-hydrogen) atoms. The van der Waals surface area contributed by atoms with Gasteiger partial charge < -0.3 is 5.32 Å². The lowest BCUT2D eigenvalue weighted by atomic mass is 10.3. The smallest absolute Gasteiger partial charge is 0.188 e. The first-order valence-corrected chi connectivity index (χ1v) is 6.97. The number of benzene rings is 2. The molecule has 0 aliphatic rings. The summed E-state index contributed by atoms with van der Waals surface area (Å²) in [4.78, 5) is 4.41. The van der Waals surface area contributed by atoms with Crippen LogP contribution in [0.3, 0.4) is 0 Å². The maximum atomic E-state index is 13.1. The Bertz CT molecular complexity index is 757. The topological polar surface area (TPSA) is 24.9 Å². The number of anilines is 2. The molecule has 0 aliphatic heterocycles. The van der Waals surface area contributed by atoms with E-state index in [0.717, 1.165) is 10.2 Å². The minimum Gasteiger partial charge on any atom is -0.331 e. The largest absolute Gasteiger partial charge is 0.331 e. The van der Waals surface area contributed by atoms with Crippen LogP contribution in [-0.4, -0.2) is 4.98 Å². The van der Waals surface area contributed by atoms with Gasteiger partial charge in [0.15, 0.2) is 5.13 Å². The molecule has 0 bridgehead atoms. The van der Waals surface area contributed by atoms with Crippen LogP contribution in [0.4, 0.5) is 15.2 Å². The summed E-state index contributed by atoms with van der Waals surface area (Å²) in [7, 11) is 0. The van der Waals surface area contributed by atoms with Crippen LogP contribution in [-0.2, 0) is 0 Å². The van der Waals surface area contributed by atoms with Crippen LogP contribution in [0.2, 0.25) is 10.0 Å². The number of hydrogen-bond donors (Lipinski definition) is 1. The molecular weight excluding hydrogens is 306 g/mol. The Morgan fingerprint density at radius 3 is 2.74 bits per heavy atom. The molecule has 0 spiro atoms. The first-order valence-electron chi connectivity index (χ1n) is 5.40. The lowest BCUT2D eigenvalue weighted by molar-refractivity contribution is 0.628. The van der Waals surface area contributed by atoms with Crippen LogP contribution in [0.1, 0.15) is 0 Å². The SMILES string of the molecule is Fc1ccc(Nc2nc3cc(Cl)ccc3s2)cc1Cl. The normalized spacial score (nSPS) is 10.9. The van der Waals surface area contributed by atoms with Crippen LogP contribution < -0.4 is 5.32 Å². The average molecular weight is 313 g/mol. The van der Waals surface area contributed by atoms with Gasteiger partial charge in [-0.2, -0.15) is 0 Å². The second-order valence-electron chi connectivity index (χ2n) is 3.88. The highest BCUT2D eigenvalue weighted by molar-refractivity contribution is 7.22. The monoisotopic (exact) mass is 312 g/mol. The van der Waals surface area contributed by atoms with E-state index < -0.39 is 5.82 Å².